The van der Waals surface area contributed by atoms with E-state index in [4.69, 9.17) is 11.6 Å². The van der Waals surface area contributed by atoms with Crippen LogP contribution < -0.4 is 5.32 Å². The number of carbonyl (C=O) groups is 1. The summed E-state index contributed by atoms with van der Waals surface area (Å²) in [6.45, 7) is 1.93. The molecular formula is C20H21ClN4O3S2. The standard InChI is InChI=1S/C20H21ClN4O3S2/c1-14-17(21)5-4-6-18(14)25-12-11-22-20(25)29-13-19(26)23-15-7-9-16(10-8-15)30(27,28)24(2)3/h4-12H,13H2,1-3H3,(H,23,26). The molecule has 7 nitrogen and oxygen atoms in total. The number of carbonyl (C=O) groups excluding carboxylic acids is 1. The molecule has 158 valence electrons. The highest BCUT2D eigenvalue weighted by molar-refractivity contribution is 7.99. The molecule has 0 saturated carbocycles. The van der Waals surface area contributed by atoms with Gasteiger partial charge in [0.15, 0.2) is 5.16 Å². The molecule has 0 bridgehead atoms. The van der Waals surface area contributed by atoms with Crippen molar-refractivity contribution in [1.29, 1.82) is 0 Å². The molecule has 1 aromatic heterocycles. The van der Waals surface area contributed by atoms with Crippen molar-refractivity contribution in [3.63, 3.8) is 0 Å². The van der Waals surface area contributed by atoms with E-state index in [1.54, 1.807) is 18.3 Å². The molecule has 0 aliphatic rings. The maximum absolute atomic E-state index is 12.4. The van der Waals surface area contributed by atoms with Gasteiger partial charge in [-0.1, -0.05) is 29.4 Å². The Labute approximate surface area is 185 Å². The lowest BCUT2D eigenvalue weighted by atomic mass is 10.2. The first-order chi connectivity index (χ1) is 14.2. The maximum atomic E-state index is 12.4. The lowest BCUT2D eigenvalue weighted by molar-refractivity contribution is -0.113. The first-order valence-electron chi connectivity index (χ1n) is 8.94. The van der Waals surface area contributed by atoms with Crippen molar-refractivity contribution in [2.75, 3.05) is 25.2 Å². The van der Waals surface area contributed by atoms with Gasteiger partial charge < -0.3 is 5.32 Å². The second-order valence-electron chi connectivity index (χ2n) is 6.61. The summed E-state index contributed by atoms with van der Waals surface area (Å²) in [5.74, 6) is -0.0745. The molecule has 10 heteroatoms. The molecule has 0 radical (unpaired) electrons. The molecule has 1 heterocycles. The lowest BCUT2D eigenvalue weighted by Gasteiger charge is -2.12. The summed E-state index contributed by atoms with van der Waals surface area (Å²) in [6, 6.07) is 11.7. The molecule has 0 spiro atoms. The zero-order chi connectivity index (χ0) is 21.9. The minimum atomic E-state index is -3.50. The monoisotopic (exact) mass is 464 g/mol. The van der Waals surface area contributed by atoms with E-state index < -0.39 is 10.0 Å². The Morgan fingerprint density at radius 2 is 1.90 bits per heavy atom. The van der Waals surface area contributed by atoms with Gasteiger partial charge in [-0.2, -0.15) is 0 Å². The Morgan fingerprint density at radius 3 is 2.57 bits per heavy atom. The van der Waals surface area contributed by atoms with Crippen LogP contribution in [0.3, 0.4) is 0 Å². The third-order valence-electron chi connectivity index (χ3n) is 4.35. The second kappa shape index (κ2) is 9.22. The van der Waals surface area contributed by atoms with Crippen LogP contribution in [0.1, 0.15) is 5.56 Å². The number of anilines is 1. The predicted molar refractivity (Wildman–Crippen MR) is 120 cm³/mol. The van der Waals surface area contributed by atoms with E-state index in [0.717, 1.165) is 15.6 Å². The quantitative estimate of drug-likeness (QED) is 0.537. The highest BCUT2D eigenvalue weighted by Crippen LogP contribution is 2.26. The number of halogens is 1. The van der Waals surface area contributed by atoms with Crippen LogP contribution in [0.15, 0.2) is 64.9 Å². The van der Waals surface area contributed by atoms with Crippen molar-refractivity contribution in [3.8, 4) is 5.69 Å². The summed E-state index contributed by atoms with van der Waals surface area (Å²) < 4.78 is 27.3. The normalized spacial score (nSPS) is 11.6. The molecule has 0 fully saturated rings. The molecule has 0 aliphatic heterocycles. The van der Waals surface area contributed by atoms with E-state index in [1.165, 1.54) is 38.0 Å². The van der Waals surface area contributed by atoms with Gasteiger partial charge in [0, 0.05) is 37.2 Å². The fourth-order valence-electron chi connectivity index (χ4n) is 2.69. The zero-order valence-corrected chi connectivity index (χ0v) is 19.1. The van der Waals surface area contributed by atoms with Crippen LogP contribution in [0.4, 0.5) is 5.69 Å². The van der Waals surface area contributed by atoms with E-state index in [-0.39, 0.29) is 16.6 Å². The Balaban J connectivity index is 1.65. The molecule has 0 aliphatic carbocycles. The number of thioether (sulfide) groups is 1. The first kappa shape index (κ1) is 22.4. The largest absolute Gasteiger partial charge is 0.325 e. The van der Waals surface area contributed by atoms with Crippen LogP contribution in [0.5, 0.6) is 0 Å². The van der Waals surface area contributed by atoms with E-state index in [0.29, 0.717) is 15.9 Å². The van der Waals surface area contributed by atoms with E-state index >= 15 is 0 Å². The summed E-state index contributed by atoms with van der Waals surface area (Å²) in [4.78, 5) is 16.8. The molecule has 1 N–H and O–H groups in total. The molecule has 3 aromatic rings. The van der Waals surface area contributed by atoms with Crippen molar-refractivity contribution in [1.82, 2.24) is 13.9 Å². The molecule has 3 rings (SSSR count). The number of aromatic nitrogens is 2. The maximum Gasteiger partial charge on any atom is 0.242 e. The number of nitrogens with zero attached hydrogens (tertiary/aromatic N) is 3. The molecule has 0 unspecified atom stereocenters. The molecule has 30 heavy (non-hydrogen) atoms. The predicted octanol–water partition coefficient (Wildman–Crippen LogP) is 3.82. The number of hydrogen-bond acceptors (Lipinski definition) is 5. The fourth-order valence-corrected chi connectivity index (χ4v) is 4.52. The minimum Gasteiger partial charge on any atom is -0.325 e. The zero-order valence-electron chi connectivity index (χ0n) is 16.7. The summed E-state index contributed by atoms with van der Waals surface area (Å²) >= 11 is 7.51. The average Bonchev–Trinajstić information content (AvgIpc) is 3.17. The van der Waals surface area contributed by atoms with Crippen LogP contribution >= 0.6 is 23.4 Å². The van der Waals surface area contributed by atoms with Gasteiger partial charge in [-0.15, -0.1) is 0 Å². The Hall–Kier alpha value is -2.33. The van der Waals surface area contributed by atoms with Crippen LogP contribution in [-0.2, 0) is 14.8 Å². The molecule has 0 saturated heterocycles. The van der Waals surface area contributed by atoms with Gasteiger partial charge in [-0.3, -0.25) is 9.36 Å². The van der Waals surface area contributed by atoms with Gasteiger partial charge in [-0.25, -0.2) is 17.7 Å². The van der Waals surface area contributed by atoms with Gasteiger partial charge in [0.05, 0.1) is 16.3 Å². The number of imidazole rings is 1. The first-order valence-corrected chi connectivity index (χ1v) is 11.7. The average molecular weight is 465 g/mol. The van der Waals surface area contributed by atoms with Crippen LogP contribution in [0.25, 0.3) is 5.69 Å². The minimum absolute atomic E-state index is 0.147. The van der Waals surface area contributed by atoms with Crippen LogP contribution in [-0.4, -0.2) is 48.0 Å². The third kappa shape index (κ3) is 4.86. The van der Waals surface area contributed by atoms with Crippen molar-refractivity contribution in [3.05, 3.63) is 65.4 Å². The smallest absolute Gasteiger partial charge is 0.242 e. The van der Waals surface area contributed by atoms with Crippen molar-refractivity contribution >= 4 is 45.0 Å². The number of amides is 1. The summed E-state index contributed by atoms with van der Waals surface area (Å²) in [5.41, 5.74) is 2.35. The van der Waals surface area contributed by atoms with Gasteiger partial charge in [0.2, 0.25) is 15.9 Å². The third-order valence-corrected chi connectivity index (χ3v) is 7.56. The number of sulfonamides is 1. The van der Waals surface area contributed by atoms with Gasteiger partial charge in [0.25, 0.3) is 0 Å². The lowest BCUT2D eigenvalue weighted by Crippen LogP contribution is -2.22. The van der Waals surface area contributed by atoms with Gasteiger partial charge in [-0.05, 0) is 48.9 Å². The Kier molecular flexibility index (Phi) is 6.87. The molecule has 1 amide bonds. The van der Waals surface area contributed by atoms with Gasteiger partial charge >= 0.3 is 0 Å². The van der Waals surface area contributed by atoms with Crippen LogP contribution in [0.2, 0.25) is 5.02 Å². The molecule has 2 aromatic carbocycles. The molecular weight excluding hydrogens is 444 g/mol. The Morgan fingerprint density at radius 1 is 1.20 bits per heavy atom. The van der Waals surface area contributed by atoms with E-state index in [2.05, 4.69) is 10.3 Å². The van der Waals surface area contributed by atoms with E-state index in [1.807, 2.05) is 35.9 Å². The number of nitrogens with one attached hydrogen (secondary N) is 1. The second-order valence-corrected chi connectivity index (χ2v) is 10.1. The van der Waals surface area contributed by atoms with Crippen molar-refractivity contribution in [2.24, 2.45) is 0 Å². The van der Waals surface area contributed by atoms with Gasteiger partial charge in [0.1, 0.15) is 0 Å². The Bertz CT molecular complexity index is 1160. The highest BCUT2D eigenvalue weighted by atomic mass is 35.5. The SMILES string of the molecule is Cc1c(Cl)cccc1-n1ccnc1SCC(=O)Nc1ccc(S(=O)(=O)N(C)C)cc1. The number of hydrogen-bond donors (Lipinski definition) is 1. The number of benzene rings is 2. The number of rotatable bonds is 7. The topological polar surface area (TPSA) is 84.3 Å². The molecule has 0 atom stereocenters. The fraction of sp³-hybridized carbons (Fsp3) is 0.200. The summed E-state index contributed by atoms with van der Waals surface area (Å²) in [7, 11) is -0.565. The van der Waals surface area contributed by atoms with Crippen molar-refractivity contribution < 1.29 is 13.2 Å². The summed E-state index contributed by atoms with van der Waals surface area (Å²) in [6.07, 6.45) is 3.49. The summed E-state index contributed by atoms with van der Waals surface area (Å²) in [5, 5.41) is 4.10. The highest BCUT2D eigenvalue weighted by Gasteiger charge is 2.17. The van der Waals surface area contributed by atoms with E-state index in [9.17, 15) is 13.2 Å². The van der Waals surface area contributed by atoms with Crippen LogP contribution in [0, 0.1) is 6.92 Å². The van der Waals surface area contributed by atoms with Crippen molar-refractivity contribution in [2.45, 2.75) is 17.0 Å².